The lowest BCUT2D eigenvalue weighted by Gasteiger charge is -2.22. The Labute approximate surface area is 89.9 Å². The quantitative estimate of drug-likeness (QED) is 0.744. The summed E-state index contributed by atoms with van der Waals surface area (Å²) in [4.78, 5) is 0. The summed E-state index contributed by atoms with van der Waals surface area (Å²) in [5.74, 6) is 0. The molecule has 0 fully saturated rings. The number of benzene rings is 1. The predicted octanol–water partition coefficient (Wildman–Crippen LogP) is 0.689. The third-order valence-corrected chi connectivity index (χ3v) is 2.93. The van der Waals surface area contributed by atoms with E-state index in [1.165, 1.54) is 0 Å². The molecule has 1 aromatic carbocycles. The van der Waals surface area contributed by atoms with Crippen molar-refractivity contribution in [2.75, 3.05) is 16.6 Å². The minimum Gasteiger partial charge on any atom is -0.397 e. The van der Waals surface area contributed by atoms with Gasteiger partial charge in [-0.2, -0.15) is 8.42 Å². The summed E-state index contributed by atoms with van der Waals surface area (Å²) >= 11 is 0. The second-order valence-electron chi connectivity index (χ2n) is 3.18. The summed E-state index contributed by atoms with van der Waals surface area (Å²) in [6, 6.07) is 6.74. The molecule has 0 saturated heterocycles. The monoisotopic (exact) mass is 229 g/mol. The van der Waals surface area contributed by atoms with E-state index in [0.717, 1.165) is 4.31 Å². The maximum absolute atomic E-state index is 11.3. The molecule has 15 heavy (non-hydrogen) atoms. The summed E-state index contributed by atoms with van der Waals surface area (Å²) in [5.41, 5.74) is 6.52. The highest BCUT2D eigenvalue weighted by atomic mass is 32.2. The third kappa shape index (κ3) is 2.84. The van der Waals surface area contributed by atoms with Crippen molar-refractivity contribution in [3.8, 4) is 0 Å². The van der Waals surface area contributed by atoms with Gasteiger partial charge in [0.2, 0.25) is 0 Å². The smallest absolute Gasteiger partial charge is 0.299 e. The average molecular weight is 229 g/mol. The molecule has 0 aliphatic carbocycles. The molecule has 6 heteroatoms. The Hall–Kier alpha value is -1.27. The number of anilines is 2. The fourth-order valence-electron chi connectivity index (χ4n) is 1.30. The first-order chi connectivity index (χ1) is 6.96. The molecule has 0 saturated carbocycles. The van der Waals surface area contributed by atoms with Crippen LogP contribution in [0.15, 0.2) is 24.3 Å². The highest BCUT2D eigenvalue weighted by Gasteiger charge is 2.18. The number of nitrogens with zero attached hydrogens (tertiary/aromatic N) is 1. The number of nitrogens with two attached hydrogens (primary N) is 2. The fourth-order valence-corrected chi connectivity index (χ4v) is 2.18. The van der Waals surface area contributed by atoms with Gasteiger partial charge in [0.15, 0.2) is 0 Å². The van der Waals surface area contributed by atoms with Crippen LogP contribution in [-0.4, -0.2) is 15.0 Å². The van der Waals surface area contributed by atoms with Gasteiger partial charge in [-0.15, -0.1) is 0 Å². The van der Waals surface area contributed by atoms with Gasteiger partial charge in [-0.1, -0.05) is 19.1 Å². The molecule has 4 N–H and O–H groups in total. The van der Waals surface area contributed by atoms with E-state index in [1.807, 2.05) is 6.92 Å². The Morgan fingerprint density at radius 1 is 1.33 bits per heavy atom. The lowest BCUT2D eigenvalue weighted by Crippen LogP contribution is -2.37. The molecule has 0 aliphatic heterocycles. The molecule has 5 nitrogen and oxygen atoms in total. The van der Waals surface area contributed by atoms with Gasteiger partial charge in [-0.25, -0.2) is 5.14 Å². The molecule has 0 atom stereocenters. The van der Waals surface area contributed by atoms with Gasteiger partial charge in [0.1, 0.15) is 0 Å². The van der Waals surface area contributed by atoms with Crippen LogP contribution in [0.25, 0.3) is 0 Å². The molecule has 0 unspecified atom stereocenters. The first-order valence-corrected chi connectivity index (χ1v) is 6.12. The van der Waals surface area contributed by atoms with E-state index < -0.39 is 10.2 Å². The lowest BCUT2D eigenvalue weighted by atomic mass is 10.2. The zero-order valence-electron chi connectivity index (χ0n) is 8.55. The van der Waals surface area contributed by atoms with Gasteiger partial charge in [-0.3, -0.25) is 4.31 Å². The van der Waals surface area contributed by atoms with Crippen LogP contribution in [0.4, 0.5) is 11.4 Å². The Morgan fingerprint density at radius 2 is 1.93 bits per heavy atom. The molecule has 0 bridgehead atoms. The summed E-state index contributed by atoms with van der Waals surface area (Å²) in [6.45, 7) is 2.20. The van der Waals surface area contributed by atoms with Crippen molar-refractivity contribution in [1.29, 1.82) is 0 Å². The Bertz CT molecular complexity index is 431. The van der Waals surface area contributed by atoms with Crippen LogP contribution in [0.5, 0.6) is 0 Å². The standard InChI is InChI=1S/C9H15N3O2S/c1-2-7-12(15(11,13)14)9-6-4-3-5-8(9)10/h3-6H,2,7,10H2,1H3,(H2,11,13,14). The molecule has 0 heterocycles. The van der Waals surface area contributed by atoms with Crippen LogP contribution in [0.2, 0.25) is 0 Å². The van der Waals surface area contributed by atoms with Crippen molar-refractivity contribution >= 4 is 21.6 Å². The number of para-hydroxylation sites is 2. The van der Waals surface area contributed by atoms with Crippen LogP contribution in [0.3, 0.4) is 0 Å². The molecular formula is C9H15N3O2S. The van der Waals surface area contributed by atoms with Crippen molar-refractivity contribution in [2.45, 2.75) is 13.3 Å². The second kappa shape index (κ2) is 4.50. The summed E-state index contributed by atoms with van der Waals surface area (Å²) in [5, 5.41) is 5.11. The van der Waals surface area contributed by atoms with Crippen molar-refractivity contribution in [3.63, 3.8) is 0 Å². The number of hydrogen-bond acceptors (Lipinski definition) is 3. The van der Waals surface area contributed by atoms with Crippen molar-refractivity contribution in [2.24, 2.45) is 5.14 Å². The molecule has 0 spiro atoms. The highest BCUT2D eigenvalue weighted by molar-refractivity contribution is 7.90. The molecule has 0 radical (unpaired) electrons. The zero-order valence-corrected chi connectivity index (χ0v) is 9.37. The first kappa shape index (κ1) is 11.8. The second-order valence-corrected chi connectivity index (χ2v) is 4.65. The Kier molecular flexibility index (Phi) is 3.54. The molecule has 1 aromatic rings. The number of rotatable bonds is 4. The molecular weight excluding hydrogens is 214 g/mol. The minimum atomic E-state index is -3.75. The van der Waals surface area contributed by atoms with E-state index in [4.69, 9.17) is 10.9 Å². The van der Waals surface area contributed by atoms with Gasteiger partial charge in [0.05, 0.1) is 11.4 Å². The van der Waals surface area contributed by atoms with Crippen molar-refractivity contribution in [1.82, 2.24) is 0 Å². The van der Waals surface area contributed by atoms with Crippen LogP contribution < -0.4 is 15.2 Å². The first-order valence-electron chi connectivity index (χ1n) is 4.61. The molecule has 84 valence electrons. The summed E-state index contributed by atoms with van der Waals surface area (Å²) in [6.07, 6.45) is 0.671. The molecule has 0 amide bonds. The van der Waals surface area contributed by atoms with Gasteiger partial charge >= 0.3 is 0 Å². The van der Waals surface area contributed by atoms with Crippen LogP contribution >= 0.6 is 0 Å². The van der Waals surface area contributed by atoms with Gasteiger partial charge in [-0.05, 0) is 18.6 Å². The summed E-state index contributed by atoms with van der Waals surface area (Å²) in [7, 11) is -3.75. The molecule has 1 rings (SSSR count). The minimum absolute atomic E-state index is 0.326. The van der Waals surface area contributed by atoms with E-state index in [9.17, 15) is 8.42 Å². The molecule has 0 aromatic heterocycles. The van der Waals surface area contributed by atoms with E-state index in [-0.39, 0.29) is 0 Å². The van der Waals surface area contributed by atoms with E-state index in [0.29, 0.717) is 24.3 Å². The predicted molar refractivity (Wildman–Crippen MR) is 61.6 cm³/mol. The van der Waals surface area contributed by atoms with Gasteiger partial charge in [0, 0.05) is 6.54 Å². The largest absolute Gasteiger partial charge is 0.397 e. The van der Waals surface area contributed by atoms with Crippen molar-refractivity contribution in [3.05, 3.63) is 24.3 Å². The van der Waals surface area contributed by atoms with E-state index in [2.05, 4.69) is 0 Å². The van der Waals surface area contributed by atoms with Crippen LogP contribution in [0.1, 0.15) is 13.3 Å². The average Bonchev–Trinajstić information content (AvgIpc) is 2.14. The maximum Gasteiger partial charge on any atom is 0.299 e. The zero-order chi connectivity index (χ0) is 11.5. The van der Waals surface area contributed by atoms with Crippen LogP contribution in [-0.2, 0) is 10.2 Å². The van der Waals surface area contributed by atoms with Crippen LogP contribution in [0, 0.1) is 0 Å². The Balaban J connectivity index is 3.16. The highest BCUT2D eigenvalue weighted by Crippen LogP contribution is 2.23. The Morgan fingerprint density at radius 3 is 2.40 bits per heavy atom. The maximum atomic E-state index is 11.3. The van der Waals surface area contributed by atoms with E-state index >= 15 is 0 Å². The van der Waals surface area contributed by atoms with Gasteiger partial charge in [0.25, 0.3) is 10.2 Å². The van der Waals surface area contributed by atoms with Gasteiger partial charge < -0.3 is 5.73 Å². The number of hydrogen-bond donors (Lipinski definition) is 2. The molecule has 0 aliphatic rings. The number of nitrogen functional groups attached to an aromatic ring is 1. The third-order valence-electron chi connectivity index (χ3n) is 1.94. The fraction of sp³-hybridized carbons (Fsp3) is 0.333. The normalized spacial score (nSPS) is 11.3. The lowest BCUT2D eigenvalue weighted by molar-refractivity contribution is 0.592. The van der Waals surface area contributed by atoms with E-state index in [1.54, 1.807) is 24.3 Å². The SMILES string of the molecule is CCCN(c1ccccc1N)S(N)(=O)=O. The summed E-state index contributed by atoms with van der Waals surface area (Å²) < 4.78 is 23.8. The van der Waals surface area contributed by atoms with Crippen molar-refractivity contribution < 1.29 is 8.42 Å². The topological polar surface area (TPSA) is 89.4 Å².